The number of nitrogens with zero attached hydrogens (tertiary/aromatic N) is 2. The van der Waals surface area contributed by atoms with Crippen LogP contribution in [0, 0.1) is 0 Å². The van der Waals surface area contributed by atoms with Gasteiger partial charge in [-0.05, 0) is 50.2 Å². The minimum Gasteiger partial charge on any atom is -0.462 e. The monoisotopic (exact) mass is 370 g/mol. The molecule has 0 atom stereocenters. The van der Waals surface area contributed by atoms with Crippen molar-refractivity contribution in [3.8, 4) is 28.8 Å². The Kier molecular flexibility index (Phi) is 5.28. The van der Waals surface area contributed by atoms with E-state index in [9.17, 15) is 4.79 Å². The van der Waals surface area contributed by atoms with E-state index < -0.39 is 0 Å². The van der Waals surface area contributed by atoms with Gasteiger partial charge in [-0.1, -0.05) is 11.6 Å². The molecule has 0 saturated heterocycles. The van der Waals surface area contributed by atoms with Gasteiger partial charge >= 0.3 is 0 Å². The van der Waals surface area contributed by atoms with Crippen LogP contribution in [0.3, 0.4) is 0 Å². The molecule has 134 valence electrons. The van der Waals surface area contributed by atoms with Crippen molar-refractivity contribution in [2.24, 2.45) is 7.05 Å². The largest absolute Gasteiger partial charge is 0.462 e. The maximum absolute atomic E-state index is 11.1. The van der Waals surface area contributed by atoms with Crippen molar-refractivity contribution in [3.05, 3.63) is 59.2 Å². The molecule has 1 heterocycles. The Morgan fingerprint density at radius 1 is 1.15 bits per heavy atom. The zero-order chi connectivity index (χ0) is 18.7. The van der Waals surface area contributed by atoms with Crippen LogP contribution in [0.15, 0.2) is 48.7 Å². The fraction of sp³-hybridized carbons (Fsp3) is 0.200. The predicted octanol–water partition coefficient (Wildman–Crippen LogP) is 5.13. The van der Waals surface area contributed by atoms with E-state index in [0.717, 1.165) is 17.5 Å². The van der Waals surface area contributed by atoms with Crippen LogP contribution in [0.1, 0.15) is 24.2 Å². The minimum absolute atomic E-state index is 0.0597. The number of carbonyl (C=O) groups excluding carboxylic acids is 1. The third-order valence-corrected chi connectivity index (χ3v) is 4.00. The Bertz CT molecular complexity index is 917. The van der Waals surface area contributed by atoms with Gasteiger partial charge in [-0.3, -0.25) is 9.36 Å². The van der Waals surface area contributed by atoms with Crippen LogP contribution >= 0.6 is 11.6 Å². The first-order valence-electron chi connectivity index (χ1n) is 8.19. The standard InChI is InChI=1S/C20H19ClN2O3/c1-13(2)25-20-22-11-18(23(20)3)14-5-8-17(9-6-14)26-19-10-16(21)7-4-15(19)12-24/h4-13H,1-3H3. The topological polar surface area (TPSA) is 53.4 Å². The molecule has 0 saturated carbocycles. The van der Waals surface area contributed by atoms with Crippen LogP contribution in [0.4, 0.5) is 0 Å². The van der Waals surface area contributed by atoms with E-state index in [1.54, 1.807) is 24.4 Å². The van der Waals surface area contributed by atoms with Gasteiger partial charge in [0.1, 0.15) is 11.5 Å². The van der Waals surface area contributed by atoms with Crippen molar-refractivity contribution in [3.63, 3.8) is 0 Å². The molecule has 0 N–H and O–H groups in total. The molecule has 26 heavy (non-hydrogen) atoms. The van der Waals surface area contributed by atoms with Crippen LogP contribution in [0.2, 0.25) is 5.02 Å². The van der Waals surface area contributed by atoms with Crippen LogP contribution in [0.25, 0.3) is 11.3 Å². The second kappa shape index (κ2) is 7.62. The quantitative estimate of drug-likeness (QED) is 0.564. The van der Waals surface area contributed by atoms with E-state index in [4.69, 9.17) is 21.1 Å². The van der Waals surface area contributed by atoms with Gasteiger partial charge in [-0.2, -0.15) is 0 Å². The highest BCUT2D eigenvalue weighted by Crippen LogP contribution is 2.30. The number of imidazole rings is 1. The van der Waals surface area contributed by atoms with Crippen molar-refractivity contribution in [1.82, 2.24) is 9.55 Å². The van der Waals surface area contributed by atoms with Crippen molar-refractivity contribution in [2.75, 3.05) is 0 Å². The fourth-order valence-electron chi connectivity index (χ4n) is 2.50. The average Bonchev–Trinajstić information content (AvgIpc) is 2.96. The Balaban J connectivity index is 1.82. The smallest absolute Gasteiger partial charge is 0.296 e. The number of hydrogen-bond donors (Lipinski definition) is 0. The molecule has 3 rings (SSSR count). The minimum atomic E-state index is 0.0597. The molecule has 0 aliphatic carbocycles. The lowest BCUT2D eigenvalue weighted by Crippen LogP contribution is -2.09. The van der Waals surface area contributed by atoms with Crippen LogP contribution in [-0.2, 0) is 7.05 Å². The molecule has 0 fully saturated rings. The molecule has 0 bridgehead atoms. The van der Waals surface area contributed by atoms with Crippen molar-refractivity contribution in [2.45, 2.75) is 20.0 Å². The normalized spacial score (nSPS) is 10.8. The summed E-state index contributed by atoms with van der Waals surface area (Å²) in [5.74, 6) is 1.04. The van der Waals surface area contributed by atoms with Crippen molar-refractivity contribution in [1.29, 1.82) is 0 Å². The van der Waals surface area contributed by atoms with Gasteiger partial charge in [-0.25, -0.2) is 4.98 Å². The average molecular weight is 371 g/mol. The molecule has 0 aliphatic rings. The van der Waals surface area contributed by atoms with Gasteiger partial charge in [0.05, 0.1) is 23.6 Å². The van der Waals surface area contributed by atoms with Gasteiger partial charge in [-0.15, -0.1) is 0 Å². The first kappa shape index (κ1) is 18.0. The second-order valence-corrected chi connectivity index (χ2v) is 6.51. The van der Waals surface area contributed by atoms with Crippen LogP contribution < -0.4 is 9.47 Å². The molecule has 6 heteroatoms. The summed E-state index contributed by atoms with van der Waals surface area (Å²) in [6.07, 6.45) is 2.57. The van der Waals surface area contributed by atoms with Gasteiger partial charge in [0, 0.05) is 23.7 Å². The molecule has 5 nitrogen and oxygen atoms in total. The number of hydrogen-bond acceptors (Lipinski definition) is 4. The van der Waals surface area contributed by atoms with Crippen molar-refractivity contribution < 1.29 is 14.3 Å². The summed E-state index contributed by atoms with van der Waals surface area (Å²) in [6, 6.07) is 13.0. The Hall–Kier alpha value is -2.79. The third kappa shape index (κ3) is 3.89. The molecule has 2 aromatic carbocycles. The third-order valence-electron chi connectivity index (χ3n) is 3.77. The first-order valence-corrected chi connectivity index (χ1v) is 8.57. The van der Waals surface area contributed by atoms with E-state index in [0.29, 0.717) is 28.1 Å². The summed E-state index contributed by atoms with van der Waals surface area (Å²) >= 11 is 5.98. The number of halogens is 1. The SMILES string of the molecule is CC(C)Oc1ncc(-c2ccc(Oc3cc(Cl)ccc3C=O)cc2)n1C. The summed E-state index contributed by atoms with van der Waals surface area (Å²) < 4.78 is 13.4. The molecule has 0 radical (unpaired) electrons. The maximum atomic E-state index is 11.1. The van der Waals surface area contributed by atoms with Gasteiger partial charge in [0.15, 0.2) is 6.29 Å². The Morgan fingerprint density at radius 3 is 2.54 bits per heavy atom. The van der Waals surface area contributed by atoms with Gasteiger partial charge < -0.3 is 9.47 Å². The Labute approximate surface area is 157 Å². The van der Waals surface area contributed by atoms with E-state index in [-0.39, 0.29) is 6.10 Å². The van der Waals surface area contributed by atoms with E-state index in [1.807, 2.05) is 49.7 Å². The first-order chi connectivity index (χ1) is 12.5. The molecular formula is C20H19ClN2O3. The predicted molar refractivity (Wildman–Crippen MR) is 101 cm³/mol. The zero-order valence-electron chi connectivity index (χ0n) is 14.8. The molecule has 0 amide bonds. The number of rotatable bonds is 6. The Morgan fingerprint density at radius 2 is 1.88 bits per heavy atom. The van der Waals surface area contributed by atoms with Gasteiger partial charge in [0.2, 0.25) is 0 Å². The number of ether oxygens (including phenoxy) is 2. The molecule has 1 aromatic heterocycles. The van der Waals surface area contributed by atoms with Crippen LogP contribution in [-0.4, -0.2) is 21.9 Å². The summed E-state index contributed by atoms with van der Waals surface area (Å²) in [7, 11) is 1.91. The fourth-order valence-corrected chi connectivity index (χ4v) is 2.66. The van der Waals surface area contributed by atoms with Gasteiger partial charge in [0.25, 0.3) is 6.01 Å². The molecular weight excluding hydrogens is 352 g/mol. The lowest BCUT2D eigenvalue weighted by molar-refractivity contribution is 0.112. The molecule has 0 spiro atoms. The summed E-state index contributed by atoms with van der Waals surface area (Å²) in [5, 5.41) is 0.509. The second-order valence-electron chi connectivity index (χ2n) is 6.08. The molecule has 0 unspecified atom stereocenters. The maximum Gasteiger partial charge on any atom is 0.296 e. The summed E-state index contributed by atoms with van der Waals surface area (Å²) in [5.41, 5.74) is 2.36. The summed E-state index contributed by atoms with van der Waals surface area (Å²) in [4.78, 5) is 15.5. The highest BCUT2D eigenvalue weighted by atomic mass is 35.5. The molecule has 0 aliphatic heterocycles. The van der Waals surface area contributed by atoms with E-state index in [2.05, 4.69) is 4.98 Å². The zero-order valence-corrected chi connectivity index (χ0v) is 15.5. The summed E-state index contributed by atoms with van der Waals surface area (Å²) in [6.45, 7) is 3.92. The lowest BCUT2D eigenvalue weighted by Gasteiger charge is -2.11. The number of aldehydes is 1. The van der Waals surface area contributed by atoms with Crippen molar-refractivity contribution >= 4 is 17.9 Å². The number of carbonyl (C=O) groups is 1. The molecule has 3 aromatic rings. The lowest BCUT2D eigenvalue weighted by atomic mass is 10.1. The van der Waals surface area contributed by atoms with Crippen LogP contribution in [0.5, 0.6) is 17.5 Å². The highest BCUT2D eigenvalue weighted by molar-refractivity contribution is 6.30. The number of benzene rings is 2. The number of aromatic nitrogens is 2. The van der Waals surface area contributed by atoms with E-state index >= 15 is 0 Å². The van der Waals surface area contributed by atoms with E-state index in [1.165, 1.54) is 0 Å². The highest BCUT2D eigenvalue weighted by Gasteiger charge is 2.11.